The van der Waals surface area contributed by atoms with E-state index < -0.39 is 0 Å². The Hall–Kier alpha value is -1.09. The first-order valence-electron chi connectivity index (χ1n) is 4.52. The minimum absolute atomic E-state index is 0.166. The summed E-state index contributed by atoms with van der Waals surface area (Å²) in [6.45, 7) is 0.690. The summed E-state index contributed by atoms with van der Waals surface area (Å²) in [7, 11) is 1.65. The summed E-state index contributed by atoms with van der Waals surface area (Å²) in [6.07, 6.45) is 4.06. The molecule has 1 heterocycles. The number of pyridine rings is 1. The average molecular weight is 178 g/mol. The molecule has 3 heteroatoms. The number of aromatic nitrogens is 1. The van der Waals surface area contributed by atoms with Crippen molar-refractivity contribution in [3.63, 3.8) is 0 Å². The van der Waals surface area contributed by atoms with E-state index in [1.54, 1.807) is 13.3 Å². The molecule has 1 aromatic rings. The summed E-state index contributed by atoms with van der Waals surface area (Å²) in [6, 6.07) is 4.00. The lowest BCUT2D eigenvalue weighted by atomic mass is 9.97. The van der Waals surface area contributed by atoms with Crippen LogP contribution >= 0.6 is 0 Å². The van der Waals surface area contributed by atoms with Crippen LogP contribution in [0.25, 0.3) is 0 Å². The van der Waals surface area contributed by atoms with Gasteiger partial charge in [-0.05, 0) is 18.9 Å². The van der Waals surface area contributed by atoms with Crippen LogP contribution in [0.3, 0.4) is 0 Å². The average Bonchev–Trinajstić information content (AvgIpc) is 2.98. The molecule has 0 aromatic carbocycles. The van der Waals surface area contributed by atoms with E-state index >= 15 is 0 Å². The van der Waals surface area contributed by atoms with Gasteiger partial charge in [0.15, 0.2) is 0 Å². The Kier molecular flexibility index (Phi) is 1.96. The largest absolute Gasteiger partial charge is 0.481 e. The maximum absolute atomic E-state index is 5.74. The van der Waals surface area contributed by atoms with Crippen LogP contribution in [-0.4, -0.2) is 18.6 Å². The van der Waals surface area contributed by atoms with Crippen LogP contribution < -0.4 is 10.5 Å². The van der Waals surface area contributed by atoms with Crippen LogP contribution in [0.4, 0.5) is 0 Å². The van der Waals surface area contributed by atoms with Gasteiger partial charge in [0.05, 0.1) is 7.11 Å². The number of hydrogen-bond acceptors (Lipinski definition) is 3. The van der Waals surface area contributed by atoms with Crippen LogP contribution in [0, 0.1) is 0 Å². The van der Waals surface area contributed by atoms with Crippen molar-refractivity contribution in [3.8, 4) is 5.88 Å². The molecule has 3 nitrogen and oxygen atoms in total. The van der Waals surface area contributed by atoms with Crippen molar-refractivity contribution >= 4 is 0 Å². The number of methoxy groups -OCH3 is 1. The predicted molar refractivity (Wildman–Crippen MR) is 50.8 cm³/mol. The summed E-state index contributed by atoms with van der Waals surface area (Å²) >= 11 is 0. The van der Waals surface area contributed by atoms with E-state index in [1.807, 2.05) is 6.07 Å². The van der Waals surface area contributed by atoms with E-state index in [9.17, 15) is 0 Å². The molecule has 0 atom stereocenters. The molecule has 0 unspecified atom stereocenters. The quantitative estimate of drug-likeness (QED) is 0.753. The molecule has 1 aromatic heterocycles. The van der Waals surface area contributed by atoms with Crippen molar-refractivity contribution in [2.45, 2.75) is 18.3 Å². The second-order valence-electron chi connectivity index (χ2n) is 3.54. The van der Waals surface area contributed by atoms with Gasteiger partial charge in [0.25, 0.3) is 0 Å². The van der Waals surface area contributed by atoms with Gasteiger partial charge in [-0.15, -0.1) is 0 Å². The van der Waals surface area contributed by atoms with Gasteiger partial charge >= 0.3 is 0 Å². The number of rotatable bonds is 3. The third-order valence-electron chi connectivity index (χ3n) is 2.78. The fraction of sp³-hybridized carbons (Fsp3) is 0.500. The predicted octanol–water partition coefficient (Wildman–Crippen LogP) is 1.08. The van der Waals surface area contributed by atoms with Crippen molar-refractivity contribution in [2.24, 2.45) is 5.73 Å². The van der Waals surface area contributed by atoms with Crippen LogP contribution in [0.1, 0.15) is 18.4 Å². The fourth-order valence-corrected chi connectivity index (χ4v) is 1.69. The molecule has 1 aliphatic rings. The second kappa shape index (κ2) is 3.00. The molecule has 1 aliphatic carbocycles. The topological polar surface area (TPSA) is 48.1 Å². The van der Waals surface area contributed by atoms with Crippen molar-refractivity contribution < 1.29 is 4.74 Å². The van der Waals surface area contributed by atoms with E-state index in [-0.39, 0.29) is 5.41 Å². The molecule has 1 fully saturated rings. The zero-order chi connectivity index (χ0) is 9.31. The Morgan fingerprint density at radius 3 is 2.92 bits per heavy atom. The Balaban J connectivity index is 2.39. The molecule has 0 radical (unpaired) electrons. The Morgan fingerprint density at radius 2 is 2.38 bits per heavy atom. The molecule has 0 amide bonds. The number of nitrogens with zero attached hydrogens (tertiary/aromatic N) is 1. The normalized spacial score (nSPS) is 18.3. The smallest absolute Gasteiger partial charge is 0.216 e. The second-order valence-corrected chi connectivity index (χ2v) is 3.54. The fourth-order valence-electron chi connectivity index (χ4n) is 1.69. The van der Waals surface area contributed by atoms with Gasteiger partial charge in [-0.3, -0.25) is 0 Å². The van der Waals surface area contributed by atoms with E-state index in [1.165, 1.54) is 5.56 Å². The Morgan fingerprint density at radius 1 is 1.62 bits per heavy atom. The molecule has 2 rings (SSSR count). The van der Waals surface area contributed by atoms with Crippen molar-refractivity contribution in [3.05, 3.63) is 23.9 Å². The van der Waals surface area contributed by atoms with Crippen LogP contribution in [0.5, 0.6) is 5.88 Å². The molecular formula is C10H14N2O. The maximum atomic E-state index is 5.74. The molecule has 2 N–H and O–H groups in total. The van der Waals surface area contributed by atoms with E-state index in [2.05, 4.69) is 11.1 Å². The minimum Gasteiger partial charge on any atom is -0.481 e. The molecule has 0 saturated heterocycles. The monoisotopic (exact) mass is 178 g/mol. The molecule has 70 valence electrons. The maximum Gasteiger partial charge on any atom is 0.216 e. The minimum atomic E-state index is 0.166. The lowest BCUT2D eigenvalue weighted by Crippen LogP contribution is -2.20. The van der Waals surface area contributed by atoms with Gasteiger partial charge in [0, 0.05) is 23.7 Å². The zero-order valence-electron chi connectivity index (χ0n) is 7.79. The standard InChI is InChI=1S/C10H14N2O/c1-13-9-8(3-2-6-12-9)10(7-11)4-5-10/h2-3,6H,4-5,7,11H2,1H3. The van der Waals surface area contributed by atoms with Gasteiger partial charge in [0.2, 0.25) is 5.88 Å². The zero-order valence-corrected chi connectivity index (χ0v) is 7.79. The van der Waals surface area contributed by atoms with Gasteiger partial charge in [-0.1, -0.05) is 6.07 Å². The summed E-state index contributed by atoms with van der Waals surface area (Å²) in [5.41, 5.74) is 7.07. The highest BCUT2D eigenvalue weighted by atomic mass is 16.5. The third-order valence-corrected chi connectivity index (χ3v) is 2.78. The van der Waals surface area contributed by atoms with Gasteiger partial charge < -0.3 is 10.5 Å². The van der Waals surface area contributed by atoms with Crippen molar-refractivity contribution in [1.82, 2.24) is 4.98 Å². The molecule has 13 heavy (non-hydrogen) atoms. The first-order valence-corrected chi connectivity index (χ1v) is 4.52. The van der Waals surface area contributed by atoms with E-state index in [0.29, 0.717) is 6.54 Å². The van der Waals surface area contributed by atoms with E-state index in [0.717, 1.165) is 18.7 Å². The van der Waals surface area contributed by atoms with Gasteiger partial charge in [0.1, 0.15) is 0 Å². The van der Waals surface area contributed by atoms with Crippen LogP contribution in [0.2, 0.25) is 0 Å². The first kappa shape index (κ1) is 8.51. The highest BCUT2D eigenvalue weighted by Crippen LogP contribution is 2.49. The third kappa shape index (κ3) is 1.29. The van der Waals surface area contributed by atoms with E-state index in [4.69, 9.17) is 10.5 Å². The van der Waals surface area contributed by atoms with Gasteiger partial charge in [-0.2, -0.15) is 0 Å². The SMILES string of the molecule is COc1ncccc1C1(CN)CC1. The van der Waals surface area contributed by atoms with Crippen molar-refractivity contribution in [1.29, 1.82) is 0 Å². The molecule has 0 spiro atoms. The number of hydrogen-bond donors (Lipinski definition) is 1. The van der Waals surface area contributed by atoms with Crippen LogP contribution in [0.15, 0.2) is 18.3 Å². The Bertz CT molecular complexity index is 308. The van der Waals surface area contributed by atoms with Crippen molar-refractivity contribution in [2.75, 3.05) is 13.7 Å². The molecule has 1 saturated carbocycles. The Labute approximate surface area is 77.9 Å². The molecule has 0 aliphatic heterocycles. The molecular weight excluding hydrogens is 164 g/mol. The highest BCUT2D eigenvalue weighted by Gasteiger charge is 2.45. The highest BCUT2D eigenvalue weighted by molar-refractivity contribution is 5.38. The summed E-state index contributed by atoms with van der Waals surface area (Å²) in [5.74, 6) is 0.727. The first-order chi connectivity index (χ1) is 6.32. The summed E-state index contributed by atoms with van der Waals surface area (Å²) in [4.78, 5) is 4.17. The lowest BCUT2D eigenvalue weighted by molar-refractivity contribution is 0.387. The summed E-state index contributed by atoms with van der Waals surface area (Å²) in [5, 5.41) is 0. The summed E-state index contributed by atoms with van der Waals surface area (Å²) < 4.78 is 5.21. The molecule has 0 bridgehead atoms. The number of nitrogens with two attached hydrogens (primary N) is 1. The van der Waals surface area contributed by atoms with Crippen LogP contribution in [-0.2, 0) is 5.41 Å². The lowest BCUT2D eigenvalue weighted by Gasteiger charge is -2.14. The number of ether oxygens (including phenoxy) is 1. The van der Waals surface area contributed by atoms with Gasteiger partial charge in [-0.25, -0.2) is 4.98 Å².